The van der Waals surface area contributed by atoms with Gasteiger partial charge in [0, 0.05) is 37.8 Å². The number of hydrogen-bond acceptors (Lipinski definition) is 2. The molecule has 0 atom stereocenters. The van der Waals surface area contributed by atoms with Crippen LogP contribution in [0.3, 0.4) is 0 Å². The Bertz CT molecular complexity index is 263. The summed E-state index contributed by atoms with van der Waals surface area (Å²) in [6.45, 7) is 3.38. The first kappa shape index (κ1) is 11.1. The first-order valence-electron chi connectivity index (χ1n) is 5.99. The van der Waals surface area contributed by atoms with E-state index in [-0.39, 0.29) is 5.54 Å². The molecule has 2 aliphatic heterocycles. The van der Waals surface area contributed by atoms with Crippen LogP contribution in [0, 0.1) is 0 Å². The zero-order valence-corrected chi connectivity index (χ0v) is 10.3. The van der Waals surface area contributed by atoms with Crippen LogP contribution in [0.25, 0.3) is 0 Å². The van der Waals surface area contributed by atoms with Crippen LogP contribution in [0.2, 0.25) is 0 Å². The third-order valence-electron chi connectivity index (χ3n) is 4.43. The number of hydrogen-bond donors (Lipinski definition) is 0. The zero-order valence-electron chi connectivity index (χ0n) is 10.3. The standard InChI is InChI=1S/C12H23N2O/c1-13-7-4-11(15)10-12(13)5-8-14(2,3)9-6-12/h4-10H2,1-3H3/q+1. The highest BCUT2D eigenvalue weighted by molar-refractivity contribution is 5.80. The van der Waals surface area contributed by atoms with E-state index in [1.54, 1.807) is 0 Å². The van der Waals surface area contributed by atoms with Gasteiger partial charge in [-0.3, -0.25) is 9.69 Å². The molecule has 2 aliphatic rings. The number of quaternary nitrogens is 1. The van der Waals surface area contributed by atoms with Crippen LogP contribution in [0.4, 0.5) is 0 Å². The monoisotopic (exact) mass is 211 g/mol. The topological polar surface area (TPSA) is 20.3 Å². The van der Waals surface area contributed by atoms with E-state index >= 15 is 0 Å². The van der Waals surface area contributed by atoms with Crippen LogP contribution in [-0.4, -0.2) is 61.5 Å². The predicted octanol–water partition coefficient (Wildman–Crippen LogP) is 0.890. The molecule has 15 heavy (non-hydrogen) atoms. The maximum Gasteiger partial charge on any atom is 0.136 e. The fourth-order valence-electron chi connectivity index (χ4n) is 2.94. The lowest BCUT2D eigenvalue weighted by Gasteiger charge is -2.50. The lowest BCUT2D eigenvalue weighted by molar-refractivity contribution is -0.896. The molecule has 2 rings (SSSR count). The van der Waals surface area contributed by atoms with E-state index in [9.17, 15) is 4.79 Å². The van der Waals surface area contributed by atoms with Crippen LogP contribution >= 0.6 is 0 Å². The van der Waals surface area contributed by atoms with Crippen LogP contribution in [0.5, 0.6) is 0 Å². The molecular weight excluding hydrogens is 188 g/mol. The minimum atomic E-state index is 0.211. The fourth-order valence-corrected chi connectivity index (χ4v) is 2.94. The second-order valence-electron chi connectivity index (χ2n) is 5.99. The van der Waals surface area contributed by atoms with Gasteiger partial charge in [-0.1, -0.05) is 0 Å². The summed E-state index contributed by atoms with van der Waals surface area (Å²) in [5.41, 5.74) is 0.211. The largest absolute Gasteiger partial charge is 0.328 e. The number of piperidine rings is 2. The van der Waals surface area contributed by atoms with Gasteiger partial charge in [-0.05, 0) is 7.05 Å². The Morgan fingerprint density at radius 2 is 1.87 bits per heavy atom. The van der Waals surface area contributed by atoms with E-state index in [1.165, 1.54) is 25.9 Å². The molecule has 1 spiro atoms. The van der Waals surface area contributed by atoms with Gasteiger partial charge in [0.2, 0.25) is 0 Å². The molecule has 2 fully saturated rings. The van der Waals surface area contributed by atoms with Gasteiger partial charge in [0.15, 0.2) is 0 Å². The minimum absolute atomic E-state index is 0.211. The highest BCUT2D eigenvalue weighted by atomic mass is 16.1. The van der Waals surface area contributed by atoms with Gasteiger partial charge in [-0.15, -0.1) is 0 Å². The summed E-state index contributed by atoms with van der Waals surface area (Å²) in [4.78, 5) is 14.0. The SMILES string of the molecule is CN1CCC(=O)CC12CC[N+](C)(C)CC2. The lowest BCUT2D eigenvalue weighted by Crippen LogP contribution is -2.61. The highest BCUT2D eigenvalue weighted by Crippen LogP contribution is 2.35. The summed E-state index contributed by atoms with van der Waals surface area (Å²) in [7, 11) is 6.77. The number of Topliss-reactive ketones (excluding diaryl/α,β-unsaturated/α-hetero) is 1. The van der Waals surface area contributed by atoms with Crippen LogP contribution < -0.4 is 0 Å². The molecular formula is C12H23N2O+. The van der Waals surface area contributed by atoms with Crippen molar-refractivity contribution in [1.29, 1.82) is 0 Å². The summed E-state index contributed by atoms with van der Waals surface area (Å²) in [5, 5.41) is 0. The van der Waals surface area contributed by atoms with E-state index in [1.807, 2.05) is 0 Å². The number of carbonyl (C=O) groups is 1. The Kier molecular flexibility index (Phi) is 2.63. The van der Waals surface area contributed by atoms with Crippen molar-refractivity contribution < 1.29 is 9.28 Å². The first-order chi connectivity index (χ1) is 6.94. The van der Waals surface area contributed by atoms with Crippen LogP contribution in [0.1, 0.15) is 25.7 Å². The quantitative estimate of drug-likeness (QED) is 0.555. The maximum absolute atomic E-state index is 11.6. The lowest BCUT2D eigenvalue weighted by atomic mass is 9.78. The summed E-state index contributed by atoms with van der Waals surface area (Å²) in [6.07, 6.45) is 3.92. The molecule has 0 radical (unpaired) electrons. The average molecular weight is 211 g/mol. The second-order valence-corrected chi connectivity index (χ2v) is 5.99. The Morgan fingerprint density at radius 1 is 1.27 bits per heavy atom. The van der Waals surface area contributed by atoms with E-state index in [0.29, 0.717) is 5.78 Å². The molecule has 3 heteroatoms. The highest BCUT2D eigenvalue weighted by Gasteiger charge is 2.45. The summed E-state index contributed by atoms with van der Waals surface area (Å²) < 4.78 is 1.11. The van der Waals surface area contributed by atoms with E-state index in [4.69, 9.17) is 0 Å². The van der Waals surface area contributed by atoms with E-state index < -0.39 is 0 Å². The molecule has 0 aromatic heterocycles. The van der Waals surface area contributed by atoms with Crippen molar-refractivity contribution in [3.05, 3.63) is 0 Å². The van der Waals surface area contributed by atoms with Crippen molar-refractivity contribution in [1.82, 2.24) is 4.90 Å². The van der Waals surface area contributed by atoms with E-state index in [0.717, 1.165) is 23.9 Å². The predicted molar refractivity (Wildman–Crippen MR) is 60.7 cm³/mol. The van der Waals surface area contributed by atoms with Crippen molar-refractivity contribution in [2.45, 2.75) is 31.2 Å². The van der Waals surface area contributed by atoms with Crippen molar-refractivity contribution in [2.75, 3.05) is 40.8 Å². The average Bonchev–Trinajstić information content (AvgIpc) is 2.17. The van der Waals surface area contributed by atoms with Crippen LogP contribution in [0.15, 0.2) is 0 Å². The van der Waals surface area contributed by atoms with Gasteiger partial charge in [0.25, 0.3) is 0 Å². The molecule has 0 saturated carbocycles. The molecule has 86 valence electrons. The summed E-state index contributed by atoms with van der Waals surface area (Å²) in [5.74, 6) is 0.473. The minimum Gasteiger partial charge on any atom is -0.328 e. The normalized spacial score (nSPS) is 30.7. The summed E-state index contributed by atoms with van der Waals surface area (Å²) >= 11 is 0. The molecule has 0 N–H and O–H groups in total. The van der Waals surface area contributed by atoms with Crippen molar-refractivity contribution in [3.8, 4) is 0 Å². The Balaban J connectivity index is 2.09. The molecule has 0 amide bonds. The van der Waals surface area contributed by atoms with Gasteiger partial charge < -0.3 is 4.48 Å². The molecule has 3 nitrogen and oxygen atoms in total. The zero-order chi connectivity index (χ0) is 11.1. The fraction of sp³-hybridized carbons (Fsp3) is 0.917. The number of nitrogens with zero attached hydrogens (tertiary/aromatic N) is 2. The van der Waals surface area contributed by atoms with Crippen molar-refractivity contribution >= 4 is 5.78 Å². The Hall–Kier alpha value is -0.410. The third-order valence-corrected chi connectivity index (χ3v) is 4.43. The van der Waals surface area contributed by atoms with Crippen LogP contribution in [-0.2, 0) is 4.79 Å². The molecule has 2 heterocycles. The van der Waals surface area contributed by atoms with Crippen molar-refractivity contribution in [3.63, 3.8) is 0 Å². The second kappa shape index (κ2) is 3.56. The van der Waals surface area contributed by atoms with Gasteiger partial charge in [0.05, 0.1) is 27.2 Å². The Morgan fingerprint density at radius 3 is 2.47 bits per heavy atom. The molecule has 0 unspecified atom stereocenters. The number of carbonyl (C=O) groups excluding carboxylic acids is 1. The Labute approximate surface area is 92.6 Å². The van der Waals surface area contributed by atoms with Gasteiger partial charge >= 0.3 is 0 Å². The molecule has 2 saturated heterocycles. The van der Waals surface area contributed by atoms with Gasteiger partial charge in [-0.2, -0.15) is 0 Å². The molecule has 0 aromatic rings. The number of ketones is 1. The maximum atomic E-state index is 11.6. The first-order valence-corrected chi connectivity index (χ1v) is 5.99. The van der Waals surface area contributed by atoms with E-state index in [2.05, 4.69) is 26.0 Å². The molecule has 0 aliphatic carbocycles. The molecule has 0 aromatic carbocycles. The third kappa shape index (κ3) is 2.08. The summed E-state index contributed by atoms with van der Waals surface area (Å²) in [6, 6.07) is 0. The van der Waals surface area contributed by atoms with Crippen molar-refractivity contribution in [2.24, 2.45) is 0 Å². The number of likely N-dealkylation sites (tertiary alicyclic amines) is 2. The smallest absolute Gasteiger partial charge is 0.136 e. The van der Waals surface area contributed by atoms with Gasteiger partial charge in [-0.25, -0.2) is 0 Å². The van der Waals surface area contributed by atoms with Gasteiger partial charge in [0.1, 0.15) is 5.78 Å². The number of rotatable bonds is 0. The molecule has 0 bridgehead atoms.